The first-order chi connectivity index (χ1) is 12.8. The van der Waals surface area contributed by atoms with Gasteiger partial charge in [-0.15, -0.1) is 10.2 Å². The molecule has 2 N–H and O–H groups in total. The van der Waals surface area contributed by atoms with Gasteiger partial charge in [0.25, 0.3) is 5.91 Å². The Hall–Kier alpha value is -2.35. The van der Waals surface area contributed by atoms with Gasteiger partial charge in [-0.2, -0.15) is 16.9 Å². The molecular formula is C18H22N6OS. The molecule has 0 saturated heterocycles. The highest BCUT2D eigenvalue weighted by Gasteiger charge is 2.26. The van der Waals surface area contributed by atoms with Crippen molar-refractivity contribution in [1.82, 2.24) is 30.1 Å². The van der Waals surface area contributed by atoms with Gasteiger partial charge in [-0.25, -0.2) is 0 Å². The van der Waals surface area contributed by atoms with Crippen molar-refractivity contribution in [2.45, 2.75) is 38.1 Å². The molecule has 8 heteroatoms. The fraction of sp³-hybridized carbons (Fsp3) is 0.444. The molecular weight excluding hydrogens is 348 g/mol. The number of thioether (sulfide) groups is 1. The molecule has 0 spiro atoms. The Labute approximate surface area is 156 Å². The van der Waals surface area contributed by atoms with E-state index in [1.54, 1.807) is 11.8 Å². The summed E-state index contributed by atoms with van der Waals surface area (Å²) >= 11 is 1.75. The van der Waals surface area contributed by atoms with Gasteiger partial charge in [-0.3, -0.25) is 14.3 Å². The number of nitrogens with one attached hydrogen (secondary N) is 2. The van der Waals surface area contributed by atoms with Gasteiger partial charge < -0.3 is 5.32 Å². The SMILES string of the molecule is CSCC[C@H](NC(=O)c1n[nH]c2c1CCCC2)c1nnc2ccccn12. The molecule has 26 heavy (non-hydrogen) atoms. The van der Waals surface area contributed by atoms with Crippen LogP contribution in [-0.2, 0) is 12.8 Å². The number of fused-ring (bicyclic) bond motifs is 2. The quantitative estimate of drug-likeness (QED) is 0.696. The van der Waals surface area contributed by atoms with Crippen LogP contribution in [0.15, 0.2) is 24.4 Å². The molecule has 4 rings (SSSR count). The van der Waals surface area contributed by atoms with Gasteiger partial charge >= 0.3 is 0 Å². The van der Waals surface area contributed by atoms with Crippen LogP contribution in [0.5, 0.6) is 0 Å². The van der Waals surface area contributed by atoms with Crippen LogP contribution in [0.4, 0.5) is 0 Å². The molecule has 0 saturated carbocycles. The van der Waals surface area contributed by atoms with Crippen LogP contribution in [0.1, 0.15) is 52.9 Å². The van der Waals surface area contributed by atoms with E-state index in [0.717, 1.165) is 60.6 Å². The zero-order chi connectivity index (χ0) is 17.9. The summed E-state index contributed by atoms with van der Waals surface area (Å²) in [4.78, 5) is 12.9. The Morgan fingerprint density at radius 2 is 2.23 bits per heavy atom. The topological polar surface area (TPSA) is 88.0 Å². The number of aryl methyl sites for hydroxylation is 1. The van der Waals surface area contributed by atoms with Crippen LogP contribution in [0.25, 0.3) is 5.65 Å². The summed E-state index contributed by atoms with van der Waals surface area (Å²) in [5.41, 5.74) is 3.49. The lowest BCUT2D eigenvalue weighted by atomic mass is 9.95. The zero-order valence-corrected chi connectivity index (χ0v) is 15.6. The lowest BCUT2D eigenvalue weighted by Crippen LogP contribution is -2.31. The van der Waals surface area contributed by atoms with Crippen LogP contribution >= 0.6 is 11.8 Å². The molecule has 0 fully saturated rings. The Bertz CT molecular complexity index is 917. The van der Waals surface area contributed by atoms with Crippen LogP contribution in [0, 0.1) is 0 Å². The molecule has 7 nitrogen and oxygen atoms in total. The van der Waals surface area contributed by atoms with Crippen LogP contribution in [-0.4, -0.2) is 42.7 Å². The van der Waals surface area contributed by atoms with E-state index < -0.39 is 0 Å². The first kappa shape index (κ1) is 17.1. The van der Waals surface area contributed by atoms with Gasteiger partial charge in [-0.1, -0.05) is 6.07 Å². The van der Waals surface area contributed by atoms with E-state index in [2.05, 4.69) is 32.0 Å². The lowest BCUT2D eigenvalue weighted by molar-refractivity contribution is 0.0927. The van der Waals surface area contributed by atoms with Crippen molar-refractivity contribution >= 4 is 23.3 Å². The average molecular weight is 370 g/mol. The van der Waals surface area contributed by atoms with Crippen LogP contribution in [0.2, 0.25) is 0 Å². The second kappa shape index (κ2) is 7.49. The van der Waals surface area contributed by atoms with Gasteiger partial charge in [0.2, 0.25) is 0 Å². The lowest BCUT2D eigenvalue weighted by Gasteiger charge is -2.17. The van der Waals surface area contributed by atoms with Gasteiger partial charge in [0.05, 0.1) is 6.04 Å². The minimum absolute atomic E-state index is 0.136. The molecule has 1 amide bonds. The Morgan fingerprint density at radius 3 is 3.12 bits per heavy atom. The van der Waals surface area contributed by atoms with Crippen LogP contribution < -0.4 is 5.32 Å². The maximum absolute atomic E-state index is 12.9. The summed E-state index contributed by atoms with van der Waals surface area (Å²) in [7, 11) is 0. The standard InChI is InChI=1S/C18H22N6OS/c1-26-11-9-14(17-23-21-15-8-4-5-10-24(15)17)19-18(25)16-12-6-2-3-7-13(12)20-22-16/h4-5,8,10,14H,2-3,6-7,9,11H2,1H3,(H,19,25)(H,20,22)/t14-/m0/s1. The summed E-state index contributed by atoms with van der Waals surface area (Å²) in [6, 6.07) is 5.58. The molecule has 0 radical (unpaired) electrons. The largest absolute Gasteiger partial charge is 0.341 e. The highest BCUT2D eigenvalue weighted by molar-refractivity contribution is 7.98. The number of hydrogen-bond donors (Lipinski definition) is 2. The molecule has 1 aliphatic rings. The van der Waals surface area contributed by atoms with Crippen molar-refractivity contribution in [1.29, 1.82) is 0 Å². The summed E-state index contributed by atoms with van der Waals surface area (Å²) in [5.74, 6) is 1.54. The predicted octanol–water partition coefficient (Wildman–Crippen LogP) is 2.56. The first-order valence-electron chi connectivity index (χ1n) is 8.93. The third-order valence-electron chi connectivity index (χ3n) is 4.84. The third-order valence-corrected chi connectivity index (χ3v) is 5.48. The molecule has 1 atom stereocenters. The van der Waals surface area contributed by atoms with Gasteiger partial charge in [0, 0.05) is 17.5 Å². The molecule has 3 heterocycles. The van der Waals surface area contributed by atoms with Crippen molar-refractivity contribution in [2.75, 3.05) is 12.0 Å². The molecule has 1 aliphatic carbocycles. The summed E-state index contributed by atoms with van der Waals surface area (Å²) in [6.45, 7) is 0. The van der Waals surface area contributed by atoms with Crippen molar-refractivity contribution in [2.24, 2.45) is 0 Å². The number of carbonyl (C=O) groups is 1. The number of aromatic amines is 1. The second-order valence-electron chi connectivity index (χ2n) is 6.53. The van der Waals surface area contributed by atoms with E-state index in [1.165, 1.54) is 0 Å². The number of amides is 1. The van der Waals surface area contributed by atoms with Crippen molar-refractivity contribution < 1.29 is 4.79 Å². The summed E-state index contributed by atoms with van der Waals surface area (Å²) in [5, 5.41) is 19.0. The highest BCUT2D eigenvalue weighted by Crippen LogP contribution is 2.24. The molecule has 0 aliphatic heterocycles. The number of carbonyl (C=O) groups excluding carboxylic acids is 1. The molecule has 3 aromatic rings. The van der Waals surface area contributed by atoms with Gasteiger partial charge in [-0.05, 0) is 56.2 Å². The minimum atomic E-state index is -0.205. The normalized spacial score (nSPS) is 15.0. The zero-order valence-electron chi connectivity index (χ0n) is 14.7. The van der Waals surface area contributed by atoms with E-state index in [4.69, 9.17) is 0 Å². The highest BCUT2D eigenvalue weighted by atomic mass is 32.2. The average Bonchev–Trinajstić information content (AvgIpc) is 3.29. The van der Waals surface area contributed by atoms with Gasteiger partial charge in [0.1, 0.15) is 0 Å². The van der Waals surface area contributed by atoms with Gasteiger partial charge in [0.15, 0.2) is 17.2 Å². The smallest absolute Gasteiger partial charge is 0.272 e. The van der Waals surface area contributed by atoms with E-state index in [0.29, 0.717) is 5.69 Å². The number of nitrogens with zero attached hydrogens (tertiary/aromatic N) is 4. The van der Waals surface area contributed by atoms with E-state index >= 15 is 0 Å². The Balaban J connectivity index is 1.61. The second-order valence-corrected chi connectivity index (χ2v) is 7.52. The third kappa shape index (κ3) is 3.21. The maximum Gasteiger partial charge on any atom is 0.272 e. The monoisotopic (exact) mass is 370 g/mol. The van der Waals surface area contributed by atoms with Crippen molar-refractivity contribution in [3.63, 3.8) is 0 Å². The predicted molar refractivity (Wildman–Crippen MR) is 101 cm³/mol. The number of H-pyrrole nitrogens is 1. The maximum atomic E-state index is 12.9. The Kier molecular flexibility index (Phi) is 4.92. The van der Waals surface area contributed by atoms with E-state index in [-0.39, 0.29) is 11.9 Å². The van der Waals surface area contributed by atoms with E-state index in [9.17, 15) is 4.79 Å². The first-order valence-corrected chi connectivity index (χ1v) is 10.3. The molecule has 0 aromatic carbocycles. The van der Waals surface area contributed by atoms with Crippen molar-refractivity contribution in [3.05, 3.63) is 47.2 Å². The molecule has 136 valence electrons. The van der Waals surface area contributed by atoms with E-state index in [1.807, 2.05) is 28.8 Å². The molecule has 3 aromatic heterocycles. The number of rotatable bonds is 6. The Morgan fingerprint density at radius 1 is 1.35 bits per heavy atom. The number of aromatic nitrogens is 5. The fourth-order valence-corrected chi connectivity index (χ4v) is 3.97. The van der Waals surface area contributed by atoms with Crippen molar-refractivity contribution in [3.8, 4) is 0 Å². The summed E-state index contributed by atoms with van der Waals surface area (Å²) in [6.07, 6.45) is 8.92. The molecule has 0 bridgehead atoms. The molecule has 0 unspecified atom stereocenters. The summed E-state index contributed by atoms with van der Waals surface area (Å²) < 4.78 is 1.94. The minimum Gasteiger partial charge on any atom is -0.341 e. The fourth-order valence-electron chi connectivity index (χ4n) is 3.49. The number of pyridine rings is 1. The number of hydrogen-bond acceptors (Lipinski definition) is 5. The van der Waals surface area contributed by atoms with Crippen LogP contribution in [0.3, 0.4) is 0 Å².